The molecule has 2 aromatic rings. The van der Waals surface area contributed by atoms with Gasteiger partial charge in [-0.05, 0) is 35.4 Å². The van der Waals surface area contributed by atoms with Crippen LogP contribution in [0.3, 0.4) is 0 Å². The van der Waals surface area contributed by atoms with E-state index in [0.29, 0.717) is 22.8 Å². The maximum absolute atomic E-state index is 11.0. The molecule has 0 aliphatic carbocycles. The molecule has 0 aliphatic heterocycles. The molecule has 27 heavy (non-hydrogen) atoms. The smallest absolute Gasteiger partial charge is 0.317 e. The Morgan fingerprint density at radius 3 is 1.81 bits per heavy atom. The standard InChI is InChI=1S/C18H21O8P/c1-22-14-8-7-12(9-15(14)26-27(19,20)21)5-6-13-10-16(23-2)18(25-4)17(11-13)24-3/h5-11H,1-4H3,(H2,19,20,21)/p-1/b6-5-. The Bertz CT molecular complexity index is 847. The van der Waals surface area contributed by atoms with Crippen LogP contribution in [0.1, 0.15) is 11.1 Å². The second-order valence-corrected chi connectivity index (χ2v) is 6.38. The molecule has 0 saturated carbocycles. The Kier molecular flexibility index (Phi) is 6.74. The number of phosphoric ester groups is 1. The van der Waals surface area contributed by atoms with Crippen molar-refractivity contribution in [2.24, 2.45) is 0 Å². The predicted octanol–water partition coefficient (Wildman–Crippen LogP) is 2.73. The summed E-state index contributed by atoms with van der Waals surface area (Å²) in [6.45, 7) is 0. The fourth-order valence-electron chi connectivity index (χ4n) is 2.38. The average Bonchev–Trinajstić information content (AvgIpc) is 2.64. The molecule has 2 aromatic carbocycles. The Morgan fingerprint density at radius 2 is 1.33 bits per heavy atom. The summed E-state index contributed by atoms with van der Waals surface area (Å²) in [4.78, 5) is 19.9. The third-order valence-electron chi connectivity index (χ3n) is 3.56. The van der Waals surface area contributed by atoms with Crippen molar-refractivity contribution in [3.05, 3.63) is 41.5 Å². The first-order chi connectivity index (χ1) is 12.8. The number of benzene rings is 2. The number of hydrogen-bond acceptors (Lipinski definition) is 7. The van der Waals surface area contributed by atoms with Crippen LogP contribution in [0, 0.1) is 0 Å². The molecule has 1 unspecified atom stereocenters. The molecule has 146 valence electrons. The molecule has 0 bridgehead atoms. The van der Waals surface area contributed by atoms with Gasteiger partial charge in [0.25, 0.3) is 0 Å². The highest BCUT2D eigenvalue weighted by Crippen LogP contribution is 2.40. The zero-order chi connectivity index (χ0) is 20.0. The molecule has 0 heterocycles. The number of phosphoric acid groups is 1. The highest BCUT2D eigenvalue weighted by Gasteiger charge is 2.13. The van der Waals surface area contributed by atoms with Gasteiger partial charge in [-0.2, -0.15) is 0 Å². The minimum absolute atomic E-state index is 0.120. The van der Waals surface area contributed by atoms with Gasteiger partial charge in [-0.25, -0.2) is 0 Å². The average molecular weight is 395 g/mol. The van der Waals surface area contributed by atoms with Crippen molar-refractivity contribution >= 4 is 20.0 Å². The molecule has 8 nitrogen and oxygen atoms in total. The highest BCUT2D eigenvalue weighted by molar-refractivity contribution is 7.45. The lowest BCUT2D eigenvalue weighted by Gasteiger charge is -2.18. The number of rotatable bonds is 8. The summed E-state index contributed by atoms with van der Waals surface area (Å²) in [7, 11) is 0.968. The van der Waals surface area contributed by atoms with Gasteiger partial charge in [-0.3, -0.25) is 4.57 Å². The van der Waals surface area contributed by atoms with Gasteiger partial charge in [0.1, 0.15) is 0 Å². The summed E-state index contributed by atoms with van der Waals surface area (Å²) >= 11 is 0. The van der Waals surface area contributed by atoms with E-state index in [1.54, 1.807) is 30.4 Å². The van der Waals surface area contributed by atoms with E-state index < -0.39 is 7.82 Å². The van der Waals surface area contributed by atoms with E-state index >= 15 is 0 Å². The Balaban J connectivity index is 2.37. The third kappa shape index (κ3) is 5.40. The van der Waals surface area contributed by atoms with Gasteiger partial charge in [0.05, 0.1) is 28.4 Å². The fourth-order valence-corrected chi connectivity index (χ4v) is 2.77. The quantitative estimate of drug-likeness (QED) is 0.537. The van der Waals surface area contributed by atoms with E-state index in [-0.39, 0.29) is 11.5 Å². The Labute approximate surface area is 157 Å². The zero-order valence-electron chi connectivity index (χ0n) is 15.3. The molecule has 0 fully saturated rings. The van der Waals surface area contributed by atoms with Gasteiger partial charge in [-0.1, -0.05) is 18.2 Å². The molecule has 2 rings (SSSR count). The van der Waals surface area contributed by atoms with Crippen LogP contribution < -0.4 is 28.4 Å². The van der Waals surface area contributed by atoms with Crippen LogP contribution in [0.25, 0.3) is 12.2 Å². The van der Waals surface area contributed by atoms with Gasteiger partial charge in [0, 0.05) is 0 Å². The van der Waals surface area contributed by atoms with Crippen molar-refractivity contribution in [1.82, 2.24) is 0 Å². The van der Waals surface area contributed by atoms with E-state index in [9.17, 15) is 9.46 Å². The first-order valence-electron chi connectivity index (χ1n) is 7.70. The van der Waals surface area contributed by atoms with Gasteiger partial charge < -0.3 is 33.3 Å². The molecule has 1 atom stereocenters. The van der Waals surface area contributed by atoms with Crippen LogP contribution in [0.2, 0.25) is 0 Å². The number of hydrogen-bond donors (Lipinski definition) is 1. The summed E-state index contributed by atoms with van der Waals surface area (Å²) in [5.74, 6) is 1.53. The lowest BCUT2D eigenvalue weighted by Crippen LogP contribution is -2.06. The summed E-state index contributed by atoms with van der Waals surface area (Å²) in [6, 6.07) is 8.18. The largest absolute Gasteiger partial charge is 0.746 e. The SMILES string of the molecule is COc1ccc(/C=C\c2cc(OC)c(OC)c(OC)c2)cc1OP(=O)([O-])O. The Hall–Kier alpha value is -2.67. The molecule has 0 aromatic heterocycles. The normalized spacial score (nSPS) is 13.1. The van der Waals surface area contributed by atoms with Crippen LogP contribution in [0.15, 0.2) is 30.3 Å². The van der Waals surface area contributed by atoms with E-state index in [1.807, 2.05) is 0 Å². The molecule has 0 aliphatic rings. The van der Waals surface area contributed by atoms with Crippen molar-refractivity contribution in [3.63, 3.8) is 0 Å². The molecule has 0 amide bonds. The van der Waals surface area contributed by atoms with Crippen LogP contribution in [0.4, 0.5) is 0 Å². The third-order valence-corrected chi connectivity index (χ3v) is 3.98. The maximum atomic E-state index is 11.0. The summed E-state index contributed by atoms with van der Waals surface area (Å²) in [5, 5.41) is 0. The van der Waals surface area contributed by atoms with Crippen molar-refractivity contribution in [1.29, 1.82) is 0 Å². The fraction of sp³-hybridized carbons (Fsp3) is 0.222. The van der Waals surface area contributed by atoms with Crippen molar-refractivity contribution in [3.8, 4) is 28.7 Å². The summed E-state index contributed by atoms with van der Waals surface area (Å²) < 4.78 is 36.5. The molecule has 1 N–H and O–H groups in total. The zero-order valence-corrected chi connectivity index (χ0v) is 16.2. The molecule has 9 heteroatoms. The topological polar surface area (TPSA) is 107 Å². The molecule has 0 radical (unpaired) electrons. The van der Waals surface area contributed by atoms with Crippen molar-refractivity contribution < 1.29 is 37.8 Å². The van der Waals surface area contributed by atoms with Crippen LogP contribution in [0.5, 0.6) is 28.7 Å². The first-order valence-corrected chi connectivity index (χ1v) is 9.20. The summed E-state index contributed by atoms with van der Waals surface area (Å²) in [6.07, 6.45) is 3.49. The minimum atomic E-state index is -4.96. The highest BCUT2D eigenvalue weighted by atomic mass is 31.2. The van der Waals surface area contributed by atoms with Crippen LogP contribution in [-0.4, -0.2) is 33.3 Å². The molecular formula is C18H20O8P-. The van der Waals surface area contributed by atoms with Crippen molar-refractivity contribution in [2.75, 3.05) is 28.4 Å². The monoisotopic (exact) mass is 395 g/mol. The Morgan fingerprint density at radius 1 is 0.815 bits per heavy atom. The first kappa shape index (κ1) is 20.6. The second-order valence-electron chi connectivity index (χ2n) is 5.26. The van der Waals surface area contributed by atoms with E-state index in [2.05, 4.69) is 4.52 Å². The van der Waals surface area contributed by atoms with E-state index in [1.165, 1.54) is 40.6 Å². The molecular weight excluding hydrogens is 375 g/mol. The van der Waals surface area contributed by atoms with Gasteiger partial charge in [0.15, 0.2) is 23.0 Å². The molecule has 0 saturated heterocycles. The van der Waals surface area contributed by atoms with E-state index in [0.717, 1.165) is 5.56 Å². The number of methoxy groups -OCH3 is 4. The van der Waals surface area contributed by atoms with Gasteiger partial charge >= 0.3 is 7.82 Å². The van der Waals surface area contributed by atoms with Gasteiger partial charge in [0.2, 0.25) is 5.75 Å². The van der Waals surface area contributed by atoms with Gasteiger partial charge in [-0.15, -0.1) is 0 Å². The second kappa shape index (κ2) is 8.81. The van der Waals surface area contributed by atoms with Crippen LogP contribution in [-0.2, 0) is 4.57 Å². The molecule has 0 spiro atoms. The van der Waals surface area contributed by atoms with E-state index in [4.69, 9.17) is 23.8 Å². The van der Waals surface area contributed by atoms with Crippen LogP contribution >= 0.6 is 7.82 Å². The lowest BCUT2D eigenvalue weighted by atomic mass is 10.1. The maximum Gasteiger partial charge on any atom is 0.317 e. The lowest BCUT2D eigenvalue weighted by molar-refractivity contribution is -0.211. The number of ether oxygens (including phenoxy) is 4. The van der Waals surface area contributed by atoms with Crippen molar-refractivity contribution in [2.45, 2.75) is 0 Å². The minimum Gasteiger partial charge on any atom is -0.746 e. The summed E-state index contributed by atoms with van der Waals surface area (Å²) in [5.41, 5.74) is 1.38. The predicted molar refractivity (Wildman–Crippen MR) is 98.5 cm³/mol.